The van der Waals surface area contributed by atoms with Crippen LogP contribution < -0.4 is 4.74 Å². The zero-order valence-electron chi connectivity index (χ0n) is 20.8. The third-order valence-electron chi connectivity index (χ3n) is 7.12. The van der Waals surface area contributed by atoms with Crippen molar-refractivity contribution in [3.63, 3.8) is 0 Å². The Labute approximate surface area is 215 Å². The molecule has 7 rings (SSSR count). The molecule has 0 spiro atoms. The van der Waals surface area contributed by atoms with E-state index < -0.39 is 0 Å². The molecule has 0 atom stereocenters. The van der Waals surface area contributed by atoms with Gasteiger partial charge in [-0.3, -0.25) is 4.57 Å². The maximum Gasteiger partial charge on any atom is 0.137 e. The Morgan fingerprint density at radius 1 is 0.865 bits per heavy atom. The Hall–Kier alpha value is -4.77. The number of rotatable bonds is 4. The van der Waals surface area contributed by atoms with Crippen LogP contribution in [0.25, 0.3) is 33.3 Å². The molecule has 2 aliphatic rings. The van der Waals surface area contributed by atoms with Crippen LogP contribution in [0.4, 0.5) is 0 Å². The molecule has 37 heavy (non-hydrogen) atoms. The fourth-order valence-corrected chi connectivity index (χ4v) is 5.44. The van der Waals surface area contributed by atoms with Gasteiger partial charge < -0.3 is 14.5 Å². The van der Waals surface area contributed by atoms with Gasteiger partial charge in [-0.1, -0.05) is 48.6 Å². The molecule has 5 aromatic rings. The molecule has 3 aromatic carbocycles. The van der Waals surface area contributed by atoms with Crippen LogP contribution in [0.15, 0.2) is 115 Å². The second-order valence-electron chi connectivity index (χ2n) is 9.49. The SMILES string of the molecule is Cc1cccc2c3ccc(Oc4cccc(C5=CN(C)C6=CC=CCN56)c4)cc3n(-c3ccccn3)c12. The molecular weight excluding hydrogens is 456 g/mol. The first-order valence-corrected chi connectivity index (χ1v) is 12.5. The summed E-state index contributed by atoms with van der Waals surface area (Å²) in [4.78, 5) is 9.15. The average Bonchev–Trinajstić information content (AvgIpc) is 3.45. The Morgan fingerprint density at radius 2 is 1.76 bits per heavy atom. The van der Waals surface area contributed by atoms with Crippen molar-refractivity contribution in [3.8, 4) is 17.3 Å². The highest BCUT2D eigenvalue weighted by molar-refractivity contribution is 6.10. The number of pyridine rings is 1. The molecule has 180 valence electrons. The van der Waals surface area contributed by atoms with E-state index in [1.54, 1.807) is 0 Å². The zero-order valence-corrected chi connectivity index (χ0v) is 20.8. The maximum absolute atomic E-state index is 6.45. The van der Waals surface area contributed by atoms with Gasteiger partial charge in [0.05, 0.1) is 16.7 Å². The van der Waals surface area contributed by atoms with Crippen LogP contribution in [0.1, 0.15) is 11.1 Å². The summed E-state index contributed by atoms with van der Waals surface area (Å²) in [5.74, 6) is 3.68. The summed E-state index contributed by atoms with van der Waals surface area (Å²) in [7, 11) is 2.09. The number of aromatic nitrogens is 2. The van der Waals surface area contributed by atoms with E-state index in [1.165, 1.54) is 33.4 Å². The van der Waals surface area contributed by atoms with Crippen molar-refractivity contribution in [2.75, 3.05) is 13.6 Å². The van der Waals surface area contributed by atoms with Gasteiger partial charge in [0, 0.05) is 48.4 Å². The van der Waals surface area contributed by atoms with Crippen LogP contribution in [0.5, 0.6) is 11.5 Å². The summed E-state index contributed by atoms with van der Waals surface area (Å²) in [6.07, 6.45) is 10.4. The standard InChI is InChI=1S/C32H26N4O/c1-22-9-7-12-27-26-16-15-25(20-28(26)36(32(22)27)30-13-3-5-17-33-30)37-24-11-8-10-23(19-24)29-21-34(2)31-14-4-6-18-35(29)31/h3-17,19-21H,18H2,1-2H3. The van der Waals surface area contributed by atoms with Crippen LogP contribution in [-0.4, -0.2) is 32.9 Å². The van der Waals surface area contributed by atoms with Crippen molar-refractivity contribution in [2.24, 2.45) is 0 Å². The number of para-hydroxylation sites is 1. The number of hydrogen-bond donors (Lipinski definition) is 0. The number of aryl methyl sites for hydroxylation is 1. The Balaban J connectivity index is 1.30. The zero-order chi connectivity index (χ0) is 24.9. The second-order valence-corrected chi connectivity index (χ2v) is 9.49. The first-order chi connectivity index (χ1) is 18.2. The molecule has 0 unspecified atom stereocenters. The molecule has 0 N–H and O–H groups in total. The molecule has 0 amide bonds. The minimum Gasteiger partial charge on any atom is -0.457 e. The molecule has 5 nitrogen and oxygen atoms in total. The quantitative estimate of drug-likeness (QED) is 0.270. The van der Waals surface area contributed by atoms with Gasteiger partial charge in [0.15, 0.2) is 0 Å². The predicted molar refractivity (Wildman–Crippen MR) is 149 cm³/mol. The predicted octanol–water partition coefficient (Wildman–Crippen LogP) is 7.24. The summed E-state index contributed by atoms with van der Waals surface area (Å²) in [6.45, 7) is 3.01. The van der Waals surface area contributed by atoms with Crippen LogP contribution >= 0.6 is 0 Å². The van der Waals surface area contributed by atoms with Crippen LogP contribution in [0, 0.1) is 6.92 Å². The van der Waals surface area contributed by atoms with Crippen molar-refractivity contribution in [3.05, 3.63) is 126 Å². The molecule has 0 saturated heterocycles. The minimum atomic E-state index is 0.793. The van der Waals surface area contributed by atoms with Gasteiger partial charge in [-0.25, -0.2) is 4.98 Å². The van der Waals surface area contributed by atoms with Crippen molar-refractivity contribution in [1.29, 1.82) is 0 Å². The highest BCUT2D eigenvalue weighted by atomic mass is 16.5. The van der Waals surface area contributed by atoms with Gasteiger partial charge in [0.2, 0.25) is 0 Å². The first kappa shape index (κ1) is 21.5. The number of allylic oxidation sites excluding steroid dienone is 2. The van der Waals surface area contributed by atoms with Gasteiger partial charge in [0.25, 0.3) is 0 Å². The van der Waals surface area contributed by atoms with E-state index in [2.05, 4.69) is 112 Å². The van der Waals surface area contributed by atoms with E-state index >= 15 is 0 Å². The van der Waals surface area contributed by atoms with E-state index in [0.29, 0.717) is 0 Å². The number of ether oxygens (including phenoxy) is 1. The Kier molecular flexibility index (Phi) is 4.89. The van der Waals surface area contributed by atoms with Gasteiger partial charge in [-0.2, -0.15) is 0 Å². The molecule has 0 fully saturated rings. The summed E-state index contributed by atoms with van der Waals surface area (Å²) in [6, 6.07) is 27.1. The second kappa shape index (κ2) is 8.42. The van der Waals surface area contributed by atoms with Gasteiger partial charge >= 0.3 is 0 Å². The van der Waals surface area contributed by atoms with E-state index in [1.807, 2.05) is 30.5 Å². The van der Waals surface area contributed by atoms with Gasteiger partial charge in [-0.15, -0.1) is 0 Å². The summed E-state index contributed by atoms with van der Waals surface area (Å²) >= 11 is 0. The molecule has 0 radical (unpaired) electrons. The lowest BCUT2D eigenvalue weighted by Gasteiger charge is -2.26. The summed E-state index contributed by atoms with van der Waals surface area (Å²) < 4.78 is 8.68. The lowest BCUT2D eigenvalue weighted by molar-refractivity contribution is 0.426. The third-order valence-corrected chi connectivity index (χ3v) is 7.12. The Morgan fingerprint density at radius 3 is 2.65 bits per heavy atom. The van der Waals surface area contributed by atoms with Crippen molar-refractivity contribution in [2.45, 2.75) is 6.92 Å². The molecule has 0 bridgehead atoms. The largest absolute Gasteiger partial charge is 0.457 e. The molecule has 5 heteroatoms. The van der Waals surface area contributed by atoms with E-state index in [9.17, 15) is 0 Å². The summed E-state index contributed by atoms with van der Waals surface area (Å²) in [5, 5.41) is 2.40. The monoisotopic (exact) mass is 482 g/mol. The topological polar surface area (TPSA) is 33.5 Å². The van der Waals surface area contributed by atoms with E-state index in [0.717, 1.165) is 34.9 Å². The minimum absolute atomic E-state index is 0.793. The number of benzene rings is 3. The van der Waals surface area contributed by atoms with Crippen LogP contribution in [-0.2, 0) is 0 Å². The average molecular weight is 483 g/mol. The molecule has 2 aromatic heterocycles. The highest BCUT2D eigenvalue weighted by Gasteiger charge is 2.26. The molecule has 0 saturated carbocycles. The van der Waals surface area contributed by atoms with Crippen LogP contribution in [0.2, 0.25) is 0 Å². The fourth-order valence-electron chi connectivity index (χ4n) is 5.44. The third kappa shape index (κ3) is 3.51. The molecule has 4 heterocycles. The van der Waals surface area contributed by atoms with E-state index in [4.69, 9.17) is 4.74 Å². The van der Waals surface area contributed by atoms with Crippen molar-refractivity contribution >= 4 is 27.5 Å². The number of nitrogens with zero attached hydrogens (tertiary/aromatic N) is 4. The van der Waals surface area contributed by atoms with Gasteiger partial charge in [0.1, 0.15) is 23.1 Å². The highest BCUT2D eigenvalue weighted by Crippen LogP contribution is 2.38. The summed E-state index contributed by atoms with van der Waals surface area (Å²) in [5.41, 5.74) is 5.76. The number of hydrogen-bond acceptors (Lipinski definition) is 4. The lowest BCUT2D eigenvalue weighted by atomic mass is 10.1. The molecular formula is C32H26N4O. The van der Waals surface area contributed by atoms with Crippen molar-refractivity contribution in [1.82, 2.24) is 19.4 Å². The van der Waals surface area contributed by atoms with E-state index in [-0.39, 0.29) is 0 Å². The molecule has 2 aliphatic heterocycles. The normalized spacial score (nSPS) is 14.8. The van der Waals surface area contributed by atoms with Crippen LogP contribution in [0.3, 0.4) is 0 Å². The van der Waals surface area contributed by atoms with Crippen molar-refractivity contribution < 1.29 is 4.74 Å². The van der Waals surface area contributed by atoms with Gasteiger partial charge in [-0.05, 0) is 55.0 Å². The lowest BCUT2D eigenvalue weighted by Crippen LogP contribution is -2.24. The number of fused-ring (bicyclic) bond motifs is 4. The fraction of sp³-hybridized carbons (Fsp3) is 0.0938. The smallest absolute Gasteiger partial charge is 0.137 e. The first-order valence-electron chi connectivity index (χ1n) is 12.5. The molecule has 0 aliphatic carbocycles. The maximum atomic E-state index is 6.45. The Bertz CT molecular complexity index is 1760.